The Kier molecular flexibility index (Phi) is 7.16. The largest absolute Gasteiger partial charge is 0.479 e. The topological polar surface area (TPSA) is 62.1 Å². The molecule has 0 radical (unpaired) electrons. The molecule has 4 nitrogen and oxygen atoms in total. The van der Waals surface area contributed by atoms with Gasteiger partial charge in [-0.25, -0.2) is 0 Å². The molecule has 2 unspecified atom stereocenters. The Morgan fingerprint density at radius 1 is 1.42 bits per heavy atom. The van der Waals surface area contributed by atoms with Crippen LogP contribution in [0.1, 0.15) is 25.5 Å². The van der Waals surface area contributed by atoms with Crippen molar-refractivity contribution in [1.29, 1.82) is 5.26 Å². The van der Waals surface area contributed by atoms with Gasteiger partial charge in [0.1, 0.15) is 11.8 Å². The second-order valence-electron chi connectivity index (χ2n) is 4.12. The van der Waals surface area contributed by atoms with Crippen LogP contribution in [0.25, 0.3) is 0 Å². The molecule has 0 saturated carbocycles. The first-order valence-electron chi connectivity index (χ1n) is 6.35. The molecule has 1 aromatic rings. The fourth-order valence-corrected chi connectivity index (χ4v) is 2.25. The van der Waals surface area contributed by atoms with Crippen molar-refractivity contribution >= 4 is 10.8 Å². The molecule has 5 heteroatoms. The van der Waals surface area contributed by atoms with Gasteiger partial charge in [0.05, 0.1) is 0 Å². The van der Waals surface area contributed by atoms with Gasteiger partial charge in [0, 0.05) is 34.9 Å². The fourth-order valence-electron chi connectivity index (χ4n) is 1.62. The summed E-state index contributed by atoms with van der Waals surface area (Å²) in [5, 5.41) is 11.8. The lowest BCUT2D eigenvalue weighted by atomic mass is 10.1. The summed E-state index contributed by atoms with van der Waals surface area (Å²) in [5.74, 6) is 2.09. The van der Waals surface area contributed by atoms with E-state index in [9.17, 15) is 4.21 Å². The zero-order chi connectivity index (χ0) is 14.1. The van der Waals surface area contributed by atoms with Gasteiger partial charge in [0.25, 0.3) is 0 Å². The van der Waals surface area contributed by atoms with Crippen LogP contribution in [0.15, 0.2) is 24.3 Å². The van der Waals surface area contributed by atoms with Crippen molar-refractivity contribution in [3.05, 3.63) is 29.8 Å². The van der Waals surface area contributed by atoms with Crippen molar-refractivity contribution in [2.75, 3.05) is 24.7 Å². The number of nitrogens with zero attached hydrogens (tertiary/aromatic N) is 1. The smallest absolute Gasteiger partial charge is 0.174 e. The third kappa shape index (κ3) is 5.86. The Morgan fingerprint density at radius 2 is 2.11 bits per heavy atom. The highest BCUT2D eigenvalue weighted by atomic mass is 32.2. The van der Waals surface area contributed by atoms with Crippen LogP contribution in [0, 0.1) is 11.3 Å². The molecular formula is C14H20N2O2S. The Balaban J connectivity index is 2.42. The minimum atomic E-state index is -0.720. The number of benzene rings is 1. The SMILES string of the molecule is CCS(=O)CCNC(C)c1ccc(OCC#N)cc1. The summed E-state index contributed by atoms with van der Waals surface area (Å²) in [6.07, 6.45) is 0. The number of nitriles is 1. The van der Waals surface area contributed by atoms with Gasteiger partial charge in [0.15, 0.2) is 6.61 Å². The summed E-state index contributed by atoms with van der Waals surface area (Å²) in [6.45, 7) is 4.81. The van der Waals surface area contributed by atoms with Gasteiger partial charge in [-0.15, -0.1) is 0 Å². The Morgan fingerprint density at radius 3 is 2.68 bits per heavy atom. The number of ether oxygens (including phenoxy) is 1. The lowest BCUT2D eigenvalue weighted by molar-refractivity contribution is 0.368. The highest BCUT2D eigenvalue weighted by molar-refractivity contribution is 7.84. The maximum Gasteiger partial charge on any atom is 0.174 e. The molecular weight excluding hydrogens is 260 g/mol. The molecule has 0 fully saturated rings. The lowest BCUT2D eigenvalue weighted by Gasteiger charge is -2.14. The van der Waals surface area contributed by atoms with Gasteiger partial charge < -0.3 is 10.1 Å². The first kappa shape index (κ1) is 15.7. The summed E-state index contributed by atoms with van der Waals surface area (Å²) in [4.78, 5) is 0. The molecule has 0 aliphatic heterocycles. The van der Waals surface area contributed by atoms with E-state index >= 15 is 0 Å². The normalized spacial score (nSPS) is 13.5. The monoisotopic (exact) mass is 280 g/mol. The lowest BCUT2D eigenvalue weighted by Crippen LogP contribution is -2.24. The van der Waals surface area contributed by atoms with E-state index in [4.69, 9.17) is 10.00 Å². The average molecular weight is 280 g/mol. The highest BCUT2D eigenvalue weighted by Gasteiger charge is 2.05. The molecule has 1 aromatic carbocycles. The fraction of sp³-hybridized carbons (Fsp3) is 0.500. The predicted molar refractivity (Wildman–Crippen MR) is 77.5 cm³/mol. The van der Waals surface area contributed by atoms with Crippen LogP contribution in [-0.2, 0) is 10.8 Å². The van der Waals surface area contributed by atoms with Crippen molar-refractivity contribution in [1.82, 2.24) is 5.32 Å². The van der Waals surface area contributed by atoms with Crippen LogP contribution in [0.2, 0.25) is 0 Å². The summed E-state index contributed by atoms with van der Waals surface area (Å²) >= 11 is 0. The molecule has 0 aliphatic rings. The molecule has 0 aliphatic carbocycles. The van der Waals surface area contributed by atoms with Gasteiger partial charge in [0.2, 0.25) is 0 Å². The van der Waals surface area contributed by atoms with Crippen LogP contribution in [-0.4, -0.2) is 28.9 Å². The van der Waals surface area contributed by atoms with E-state index in [2.05, 4.69) is 12.2 Å². The number of hydrogen-bond acceptors (Lipinski definition) is 4. The van der Waals surface area contributed by atoms with Crippen LogP contribution < -0.4 is 10.1 Å². The molecule has 1 N–H and O–H groups in total. The third-order valence-electron chi connectivity index (χ3n) is 2.79. The zero-order valence-corrected chi connectivity index (χ0v) is 12.2. The second kappa shape index (κ2) is 8.68. The van der Waals surface area contributed by atoms with E-state index in [1.54, 1.807) is 0 Å². The molecule has 0 amide bonds. The van der Waals surface area contributed by atoms with Gasteiger partial charge in [-0.05, 0) is 24.6 Å². The van der Waals surface area contributed by atoms with E-state index < -0.39 is 10.8 Å². The number of hydrogen-bond donors (Lipinski definition) is 1. The van der Waals surface area contributed by atoms with Gasteiger partial charge in [-0.2, -0.15) is 5.26 Å². The van der Waals surface area contributed by atoms with Crippen molar-refractivity contribution < 1.29 is 8.95 Å². The average Bonchev–Trinajstić information content (AvgIpc) is 2.45. The quantitative estimate of drug-likeness (QED) is 0.791. The molecule has 1 rings (SSSR count). The van der Waals surface area contributed by atoms with E-state index in [-0.39, 0.29) is 12.6 Å². The summed E-state index contributed by atoms with van der Waals surface area (Å²) < 4.78 is 16.5. The molecule has 0 aromatic heterocycles. The van der Waals surface area contributed by atoms with Crippen molar-refractivity contribution in [2.45, 2.75) is 19.9 Å². The molecule has 0 heterocycles. The number of nitrogens with one attached hydrogen (secondary N) is 1. The van der Waals surface area contributed by atoms with Gasteiger partial charge in [-0.1, -0.05) is 19.1 Å². The number of rotatable bonds is 8. The van der Waals surface area contributed by atoms with Crippen molar-refractivity contribution in [2.24, 2.45) is 0 Å². The zero-order valence-electron chi connectivity index (χ0n) is 11.4. The first-order valence-corrected chi connectivity index (χ1v) is 7.84. The minimum Gasteiger partial charge on any atom is -0.479 e. The molecule has 104 valence electrons. The first-order chi connectivity index (χ1) is 9.17. The van der Waals surface area contributed by atoms with E-state index in [0.29, 0.717) is 17.3 Å². The molecule has 0 bridgehead atoms. The summed E-state index contributed by atoms with van der Waals surface area (Å²) in [7, 11) is -0.720. The maximum absolute atomic E-state index is 11.3. The molecule has 2 atom stereocenters. The summed E-state index contributed by atoms with van der Waals surface area (Å²) in [5.41, 5.74) is 1.14. The van der Waals surface area contributed by atoms with Gasteiger partial charge in [-0.3, -0.25) is 4.21 Å². The Bertz CT molecular complexity index is 440. The van der Waals surface area contributed by atoms with Crippen LogP contribution >= 0.6 is 0 Å². The van der Waals surface area contributed by atoms with Crippen molar-refractivity contribution in [3.8, 4) is 11.8 Å². The molecule has 19 heavy (non-hydrogen) atoms. The maximum atomic E-state index is 11.3. The van der Waals surface area contributed by atoms with Crippen molar-refractivity contribution in [3.63, 3.8) is 0 Å². The van der Waals surface area contributed by atoms with Crippen LogP contribution in [0.3, 0.4) is 0 Å². The third-order valence-corrected chi connectivity index (χ3v) is 4.09. The standard InChI is InChI=1S/C14H20N2O2S/c1-3-19(17)11-9-16-12(2)13-4-6-14(7-5-13)18-10-8-15/h4-7,12,16H,3,9-11H2,1-2H3. The molecule has 0 spiro atoms. The molecule has 0 saturated heterocycles. The second-order valence-corrected chi connectivity index (χ2v) is 5.99. The summed E-state index contributed by atoms with van der Waals surface area (Å²) in [6, 6.07) is 9.80. The van der Waals surface area contributed by atoms with Crippen LogP contribution in [0.5, 0.6) is 5.75 Å². The minimum absolute atomic E-state index is 0.0655. The van der Waals surface area contributed by atoms with E-state index in [0.717, 1.165) is 12.1 Å². The van der Waals surface area contributed by atoms with E-state index in [1.807, 2.05) is 37.3 Å². The van der Waals surface area contributed by atoms with Gasteiger partial charge >= 0.3 is 0 Å². The highest BCUT2D eigenvalue weighted by Crippen LogP contribution is 2.17. The van der Waals surface area contributed by atoms with Crippen LogP contribution in [0.4, 0.5) is 0 Å². The van der Waals surface area contributed by atoms with E-state index in [1.165, 1.54) is 0 Å². The Hall–Kier alpha value is -1.38. The Labute approximate surface area is 117 Å². The predicted octanol–water partition coefficient (Wildman–Crippen LogP) is 2.01.